The lowest BCUT2D eigenvalue weighted by Gasteiger charge is -2.13. The van der Waals surface area contributed by atoms with Crippen LogP contribution in [0.5, 0.6) is 0 Å². The molecule has 0 amide bonds. The lowest BCUT2D eigenvalue weighted by atomic mass is 9.92. The summed E-state index contributed by atoms with van der Waals surface area (Å²) in [5, 5.41) is 13.0. The highest BCUT2D eigenvalue weighted by Gasteiger charge is 2.22. The number of carboxylic acid groups (broad SMARTS) is 1. The van der Waals surface area contributed by atoms with E-state index in [2.05, 4.69) is 11.9 Å². The predicted molar refractivity (Wildman–Crippen MR) is 161 cm³/mol. The number of aliphatic carboxylic acids is 1. The van der Waals surface area contributed by atoms with E-state index in [1.807, 2.05) is 30.3 Å². The summed E-state index contributed by atoms with van der Waals surface area (Å²) in [6.07, 6.45) is 1.77. The van der Waals surface area contributed by atoms with Gasteiger partial charge in [-0.3, -0.25) is 9.59 Å². The minimum atomic E-state index is -0.977. The Labute approximate surface area is 242 Å². The highest BCUT2D eigenvalue weighted by atomic mass is 32.2. The van der Waals surface area contributed by atoms with Gasteiger partial charge < -0.3 is 16.2 Å². The maximum Gasteiger partial charge on any atom is 0.306 e. The Balaban J connectivity index is 1.34. The molecule has 0 bridgehead atoms. The van der Waals surface area contributed by atoms with Crippen molar-refractivity contribution in [3.05, 3.63) is 125 Å². The number of anilines is 2. The van der Waals surface area contributed by atoms with Crippen LogP contribution in [0.4, 0.5) is 20.2 Å². The molecule has 0 spiro atoms. The van der Waals surface area contributed by atoms with Crippen LogP contribution in [0.2, 0.25) is 0 Å². The molecule has 8 heteroatoms. The third kappa shape index (κ3) is 8.28. The Morgan fingerprint density at radius 1 is 0.927 bits per heavy atom. The van der Waals surface area contributed by atoms with E-state index in [1.54, 1.807) is 36.4 Å². The van der Waals surface area contributed by atoms with Crippen molar-refractivity contribution in [2.75, 3.05) is 11.1 Å². The number of nitrogens with two attached hydrogens (primary N) is 1. The summed E-state index contributed by atoms with van der Waals surface area (Å²) < 4.78 is 28.2. The quantitative estimate of drug-likeness (QED) is 0.0850. The predicted octanol–water partition coefficient (Wildman–Crippen LogP) is 8.19. The number of benzene rings is 4. The average molecular weight is 573 g/mol. The normalized spacial score (nSPS) is 11.6. The zero-order valence-electron chi connectivity index (χ0n) is 22.3. The Morgan fingerprint density at radius 3 is 2.29 bits per heavy atom. The van der Waals surface area contributed by atoms with Gasteiger partial charge in [0, 0.05) is 22.6 Å². The molecule has 4 aromatic rings. The number of aryl methyl sites for hydroxylation is 1. The zero-order valence-corrected chi connectivity index (χ0v) is 23.1. The van der Waals surface area contributed by atoms with E-state index in [0.29, 0.717) is 39.5 Å². The fraction of sp³-hybridized carbons (Fsp3) is 0.152. The minimum absolute atomic E-state index is 0.0794. The zero-order chi connectivity index (χ0) is 29.4. The number of hydrogen-bond acceptors (Lipinski definition) is 5. The van der Waals surface area contributed by atoms with Crippen LogP contribution in [0.3, 0.4) is 0 Å². The van der Waals surface area contributed by atoms with Gasteiger partial charge in [-0.2, -0.15) is 0 Å². The second-order valence-electron chi connectivity index (χ2n) is 9.64. The van der Waals surface area contributed by atoms with Crippen LogP contribution in [0.25, 0.3) is 11.1 Å². The Bertz CT molecular complexity index is 1540. The van der Waals surface area contributed by atoms with Gasteiger partial charge in [0.1, 0.15) is 11.6 Å². The highest BCUT2D eigenvalue weighted by molar-refractivity contribution is 8.03. The van der Waals surface area contributed by atoms with Crippen molar-refractivity contribution in [2.45, 2.75) is 30.6 Å². The van der Waals surface area contributed by atoms with Gasteiger partial charge in [-0.1, -0.05) is 79.0 Å². The first-order chi connectivity index (χ1) is 19.7. The van der Waals surface area contributed by atoms with Crippen LogP contribution >= 0.6 is 11.8 Å². The van der Waals surface area contributed by atoms with Gasteiger partial charge in [-0.05, 0) is 66.3 Å². The molecule has 0 saturated heterocycles. The third-order valence-corrected chi connectivity index (χ3v) is 7.57. The van der Waals surface area contributed by atoms with Gasteiger partial charge in [0.2, 0.25) is 0 Å². The van der Waals surface area contributed by atoms with Crippen molar-refractivity contribution in [3.8, 4) is 11.1 Å². The Kier molecular flexibility index (Phi) is 9.92. The molecule has 0 saturated carbocycles. The molecule has 0 aliphatic carbocycles. The number of carboxylic acids is 1. The van der Waals surface area contributed by atoms with E-state index in [1.165, 1.54) is 24.3 Å². The first-order valence-corrected chi connectivity index (χ1v) is 13.9. The number of halogens is 2. The molecular formula is C33H30F2N2O3S. The Hall–Kier alpha value is -4.43. The maximum absolute atomic E-state index is 14.9. The molecule has 0 aliphatic rings. The number of thioether (sulfide) groups is 1. The largest absolute Gasteiger partial charge is 0.481 e. The molecule has 1 atom stereocenters. The van der Waals surface area contributed by atoms with Gasteiger partial charge in [0.25, 0.3) is 0 Å². The van der Waals surface area contributed by atoms with E-state index in [9.17, 15) is 23.5 Å². The van der Waals surface area contributed by atoms with Crippen molar-refractivity contribution < 1.29 is 23.5 Å². The molecule has 41 heavy (non-hydrogen) atoms. The molecule has 0 fully saturated rings. The number of ketones is 1. The number of nitrogens with one attached hydrogen (secondary N) is 1. The fourth-order valence-electron chi connectivity index (χ4n) is 4.42. The topological polar surface area (TPSA) is 92.4 Å². The van der Waals surface area contributed by atoms with Crippen LogP contribution in [-0.4, -0.2) is 16.9 Å². The molecule has 0 heterocycles. The number of carbonyl (C=O) groups is 2. The monoisotopic (exact) mass is 572 g/mol. The highest BCUT2D eigenvalue weighted by Crippen LogP contribution is 2.33. The summed E-state index contributed by atoms with van der Waals surface area (Å²) in [6.45, 7) is 3.89. The fourth-order valence-corrected chi connectivity index (χ4v) is 5.16. The summed E-state index contributed by atoms with van der Waals surface area (Å²) >= 11 is 1.16. The lowest BCUT2D eigenvalue weighted by Crippen LogP contribution is -2.18. The van der Waals surface area contributed by atoms with Crippen LogP contribution in [0.15, 0.2) is 107 Å². The maximum atomic E-state index is 14.9. The van der Waals surface area contributed by atoms with Gasteiger partial charge in [-0.15, -0.1) is 0 Å². The van der Waals surface area contributed by atoms with Crippen LogP contribution in [0.1, 0.15) is 35.2 Å². The minimum Gasteiger partial charge on any atom is -0.481 e. The lowest BCUT2D eigenvalue weighted by molar-refractivity contribution is -0.141. The first-order valence-electron chi connectivity index (χ1n) is 13.1. The second-order valence-corrected chi connectivity index (χ2v) is 10.8. The number of nitrogen functional groups attached to an aromatic ring is 1. The van der Waals surface area contributed by atoms with E-state index < -0.39 is 23.5 Å². The molecule has 5 nitrogen and oxygen atoms in total. The Morgan fingerprint density at radius 2 is 1.63 bits per heavy atom. The van der Waals surface area contributed by atoms with Gasteiger partial charge in [-0.25, -0.2) is 8.78 Å². The SMILES string of the molecule is C=C(Nc1ccc(-c2ccc(C(=O)CC(CCCc3ccccc3)C(=O)O)cc2)cc1F)Sc1ccc(F)cc1N. The van der Waals surface area contributed by atoms with E-state index in [-0.39, 0.29) is 23.6 Å². The summed E-state index contributed by atoms with van der Waals surface area (Å²) in [7, 11) is 0. The summed E-state index contributed by atoms with van der Waals surface area (Å²) in [5.41, 5.74) is 9.17. The molecule has 210 valence electrons. The van der Waals surface area contributed by atoms with Crippen molar-refractivity contribution in [1.29, 1.82) is 0 Å². The standard InChI is InChI=1S/C33H30F2N2O3S/c1-21(41-32-17-15-27(34)20-29(32)36)37-30-16-14-25(18-28(30)35)23-10-12-24(13-11-23)31(38)19-26(33(39)40)9-5-8-22-6-3-2-4-7-22/h2-4,6-7,10-18,20,26,37H,1,5,8-9,19,36H2,(H,39,40). The van der Waals surface area contributed by atoms with Crippen molar-refractivity contribution in [3.63, 3.8) is 0 Å². The van der Waals surface area contributed by atoms with Crippen LogP contribution < -0.4 is 11.1 Å². The van der Waals surface area contributed by atoms with Crippen molar-refractivity contribution in [2.24, 2.45) is 5.92 Å². The molecule has 0 aromatic heterocycles. The molecule has 4 N–H and O–H groups in total. The molecular weight excluding hydrogens is 542 g/mol. The molecule has 4 rings (SSSR count). The summed E-state index contributed by atoms with van der Waals surface area (Å²) in [4.78, 5) is 25.2. The number of carbonyl (C=O) groups excluding carboxylic acids is 1. The van der Waals surface area contributed by atoms with E-state index >= 15 is 0 Å². The average Bonchev–Trinajstić information content (AvgIpc) is 2.95. The van der Waals surface area contributed by atoms with Crippen molar-refractivity contribution in [1.82, 2.24) is 0 Å². The smallest absolute Gasteiger partial charge is 0.306 e. The molecule has 1 unspecified atom stereocenters. The summed E-state index contributed by atoms with van der Waals surface area (Å²) in [5.74, 6) is -2.92. The van der Waals surface area contributed by atoms with Gasteiger partial charge in [0.15, 0.2) is 5.78 Å². The molecule has 4 aromatic carbocycles. The van der Waals surface area contributed by atoms with Crippen LogP contribution in [-0.2, 0) is 11.2 Å². The second kappa shape index (κ2) is 13.8. The number of hydrogen-bond donors (Lipinski definition) is 3. The van der Waals surface area contributed by atoms with Crippen molar-refractivity contribution >= 4 is 34.9 Å². The number of Topliss-reactive ketones (excluding diaryl/α,β-unsaturated/α-hetero) is 1. The molecule has 0 radical (unpaired) electrons. The summed E-state index contributed by atoms with van der Waals surface area (Å²) in [6, 6.07) is 25.2. The van der Waals surface area contributed by atoms with E-state index in [4.69, 9.17) is 5.73 Å². The number of rotatable bonds is 13. The van der Waals surface area contributed by atoms with Gasteiger partial charge >= 0.3 is 5.97 Å². The molecule has 0 aliphatic heterocycles. The van der Waals surface area contributed by atoms with Crippen LogP contribution in [0, 0.1) is 17.6 Å². The third-order valence-electron chi connectivity index (χ3n) is 6.63. The van der Waals surface area contributed by atoms with E-state index in [0.717, 1.165) is 23.7 Å². The first kappa shape index (κ1) is 29.6. The van der Waals surface area contributed by atoms with Gasteiger partial charge in [0.05, 0.1) is 16.6 Å².